The highest BCUT2D eigenvalue weighted by molar-refractivity contribution is 7.22. The van der Waals surface area contributed by atoms with Crippen LogP contribution < -0.4 is 15.0 Å². The third-order valence-electron chi connectivity index (χ3n) is 4.85. The number of morpholine rings is 1. The van der Waals surface area contributed by atoms with Gasteiger partial charge in [-0.1, -0.05) is 23.5 Å². The second-order valence-corrected chi connectivity index (χ2v) is 7.87. The first-order chi connectivity index (χ1) is 14.2. The number of rotatable bonds is 7. The Morgan fingerprint density at radius 1 is 1.21 bits per heavy atom. The summed E-state index contributed by atoms with van der Waals surface area (Å²) in [6.07, 6.45) is 0.780. The summed E-state index contributed by atoms with van der Waals surface area (Å²) in [5, 5.41) is 4.01. The molecule has 0 radical (unpaired) electrons. The van der Waals surface area contributed by atoms with Gasteiger partial charge in [0.2, 0.25) is 0 Å². The van der Waals surface area contributed by atoms with E-state index in [1.807, 2.05) is 49.4 Å². The van der Waals surface area contributed by atoms with E-state index in [4.69, 9.17) is 14.5 Å². The van der Waals surface area contributed by atoms with Gasteiger partial charge in [-0.15, -0.1) is 0 Å². The van der Waals surface area contributed by atoms with Crippen molar-refractivity contribution < 1.29 is 14.3 Å². The SMILES string of the molecule is CCOc1ccc(CCNC(=O)c2ccc3nc(N4CCOCC4)sc3c2)cc1. The first-order valence-corrected chi connectivity index (χ1v) is 10.8. The summed E-state index contributed by atoms with van der Waals surface area (Å²) in [7, 11) is 0. The Kier molecular flexibility index (Phi) is 6.27. The molecular formula is C22H25N3O3S. The average Bonchev–Trinajstić information content (AvgIpc) is 3.19. The van der Waals surface area contributed by atoms with Gasteiger partial charge in [0.1, 0.15) is 5.75 Å². The third kappa shape index (κ3) is 4.86. The molecule has 1 aliphatic heterocycles. The predicted octanol–water partition coefficient (Wildman–Crippen LogP) is 3.50. The largest absolute Gasteiger partial charge is 0.494 e. The Hall–Kier alpha value is -2.64. The molecule has 1 fully saturated rings. The minimum atomic E-state index is -0.0563. The molecule has 7 heteroatoms. The van der Waals surface area contributed by atoms with Crippen LogP contribution >= 0.6 is 11.3 Å². The van der Waals surface area contributed by atoms with Gasteiger partial charge >= 0.3 is 0 Å². The highest BCUT2D eigenvalue weighted by atomic mass is 32.1. The molecule has 3 aromatic rings. The van der Waals surface area contributed by atoms with E-state index in [0.717, 1.165) is 53.8 Å². The van der Waals surface area contributed by atoms with Crippen molar-refractivity contribution in [2.45, 2.75) is 13.3 Å². The van der Waals surface area contributed by atoms with Crippen LogP contribution in [0.3, 0.4) is 0 Å². The number of nitrogens with one attached hydrogen (secondary N) is 1. The van der Waals surface area contributed by atoms with Crippen LogP contribution in [0.2, 0.25) is 0 Å². The number of carbonyl (C=O) groups excluding carboxylic acids is 1. The summed E-state index contributed by atoms with van der Waals surface area (Å²) in [5.74, 6) is 0.814. The minimum Gasteiger partial charge on any atom is -0.494 e. The lowest BCUT2D eigenvalue weighted by Gasteiger charge is -2.25. The maximum atomic E-state index is 12.6. The summed E-state index contributed by atoms with van der Waals surface area (Å²) in [4.78, 5) is 19.5. The number of fused-ring (bicyclic) bond motifs is 1. The minimum absolute atomic E-state index is 0.0563. The number of nitrogens with zero attached hydrogens (tertiary/aromatic N) is 2. The molecule has 0 saturated carbocycles. The molecule has 4 rings (SSSR count). The van der Waals surface area contributed by atoms with Crippen molar-refractivity contribution in [1.29, 1.82) is 0 Å². The highest BCUT2D eigenvalue weighted by Gasteiger charge is 2.16. The van der Waals surface area contributed by atoms with Gasteiger partial charge < -0.3 is 19.7 Å². The summed E-state index contributed by atoms with van der Waals surface area (Å²) in [6.45, 7) is 6.41. The van der Waals surface area contributed by atoms with Gasteiger partial charge in [-0.3, -0.25) is 4.79 Å². The zero-order valence-corrected chi connectivity index (χ0v) is 17.3. The Morgan fingerprint density at radius 3 is 2.76 bits per heavy atom. The predicted molar refractivity (Wildman–Crippen MR) is 116 cm³/mol. The molecule has 29 heavy (non-hydrogen) atoms. The Morgan fingerprint density at radius 2 is 2.00 bits per heavy atom. The second-order valence-electron chi connectivity index (χ2n) is 6.86. The van der Waals surface area contributed by atoms with E-state index in [0.29, 0.717) is 18.7 Å². The maximum Gasteiger partial charge on any atom is 0.251 e. The van der Waals surface area contributed by atoms with Crippen LogP contribution in [0.4, 0.5) is 5.13 Å². The number of hydrogen-bond donors (Lipinski definition) is 1. The zero-order chi connectivity index (χ0) is 20.1. The summed E-state index contributed by atoms with van der Waals surface area (Å²) in [6, 6.07) is 13.7. The molecule has 0 aliphatic carbocycles. The molecule has 1 saturated heterocycles. The molecule has 152 valence electrons. The van der Waals surface area contributed by atoms with Crippen molar-refractivity contribution in [2.24, 2.45) is 0 Å². The van der Waals surface area contributed by atoms with E-state index in [1.54, 1.807) is 11.3 Å². The van der Waals surface area contributed by atoms with Crippen molar-refractivity contribution in [1.82, 2.24) is 10.3 Å². The van der Waals surface area contributed by atoms with E-state index in [2.05, 4.69) is 10.2 Å². The molecule has 1 aromatic heterocycles. The number of aromatic nitrogens is 1. The molecule has 6 nitrogen and oxygen atoms in total. The van der Waals surface area contributed by atoms with Gasteiger partial charge in [0.05, 0.1) is 30.0 Å². The fourth-order valence-electron chi connectivity index (χ4n) is 3.29. The number of carbonyl (C=O) groups is 1. The summed E-state index contributed by atoms with van der Waals surface area (Å²) < 4.78 is 11.9. The normalized spacial score (nSPS) is 14.2. The molecule has 0 unspecified atom stereocenters. The fraction of sp³-hybridized carbons (Fsp3) is 0.364. The fourth-order valence-corrected chi connectivity index (χ4v) is 4.34. The summed E-state index contributed by atoms with van der Waals surface area (Å²) >= 11 is 1.63. The lowest BCUT2D eigenvalue weighted by atomic mass is 10.1. The van der Waals surface area contributed by atoms with Gasteiger partial charge in [-0.2, -0.15) is 0 Å². The van der Waals surface area contributed by atoms with Crippen molar-refractivity contribution in [3.63, 3.8) is 0 Å². The van der Waals surface area contributed by atoms with Crippen LogP contribution in [-0.2, 0) is 11.2 Å². The molecule has 0 atom stereocenters. The topological polar surface area (TPSA) is 63.7 Å². The Labute approximate surface area is 174 Å². The van der Waals surface area contributed by atoms with E-state index in [-0.39, 0.29) is 5.91 Å². The number of anilines is 1. The second kappa shape index (κ2) is 9.24. The molecule has 1 amide bonds. The van der Waals surface area contributed by atoms with Gasteiger partial charge in [0, 0.05) is 25.2 Å². The quantitative estimate of drug-likeness (QED) is 0.645. The molecule has 0 spiro atoms. The van der Waals surface area contributed by atoms with E-state index in [9.17, 15) is 4.79 Å². The van der Waals surface area contributed by atoms with Crippen LogP contribution in [0.1, 0.15) is 22.8 Å². The summed E-state index contributed by atoms with van der Waals surface area (Å²) in [5.41, 5.74) is 2.77. The third-order valence-corrected chi connectivity index (χ3v) is 5.93. The Bertz CT molecular complexity index is 965. The number of ether oxygens (including phenoxy) is 2. The van der Waals surface area contributed by atoms with Crippen molar-refractivity contribution in [3.8, 4) is 5.75 Å². The molecular weight excluding hydrogens is 386 g/mol. The van der Waals surface area contributed by atoms with E-state index >= 15 is 0 Å². The lowest BCUT2D eigenvalue weighted by Crippen LogP contribution is -2.36. The molecule has 2 heterocycles. The molecule has 0 bridgehead atoms. The molecule has 2 aromatic carbocycles. The molecule has 1 N–H and O–H groups in total. The number of thiazole rings is 1. The van der Waals surface area contributed by atoms with Crippen LogP contribution in [-0.4, -0.2) is 50.3 Å². The van der Waals surface area contributed by atoms with E-state index < -0.39 is 0 Å². The number of hydrogen-bond acceptors (Lipinski definition) is 6. The van der Waals surface area contributed by atoms with Gasteiger partial charge in [0.25, 0.3) is 5.91 Å². The van der Waals surface area contributed by atoms with Crippen molar-refractivity contribution in [2.75, 3.05) is 44.4 Å². The average molecular weight is 412 g/mol. The van der Waals surface area contributed by atoms with Gasteiger partial charge in [-0.25, -0.2) is 4.98 Å². The highest BCUT2D eigenvalue weighted by Crippen LogP contribution is 2.30. The van der Waals surface area contributed by atoms with Crippen LogP contribution in [0.15, 0.2) is 42.5 Å². The smallest absolute Gasteiger partial charge is 0.251 e. The van der Waals surface area contributed by atoms with E-state index in [1.165, 1.54) is 5.56 Å². The zero-order valence-electron chi connectivity index (χ0n) is 16.5. The number of amides is 1. The lowest BCUT2D eigenvalue weighted by molar-refractivity contribution is 0.0954. The van der Waals surface area contributed by atoms with Gasteiger partial charge in [-0.05, 0) is 49.2 Å². The van der Waals surface area contributed by atoms with Crippen molar-refractivity contribution >= 4 is 32.6 Å². The van der Waals surface area contributed by atoms with Crippen LogP contribution in [0.5, 0.6) is 5.75 Å². The number of benzene rings is 2. The van der Waals surface area contributed by atoms with Crippen molar-refractivity contribution in [3.05, 3.63) is 53.6 Å². The van der Waals surface area contributed by atoms with Gasteiger partial charge in [0.15, 0.2) is 5.13 Å². The first-order valence-electron chi connectivity index (χ1n) is 9.96. The van der Waals surface area contributed by atoms with Crippen LogP contribution in [0.25, 0.3) is 10.2 Å². The maximum absolute atomic E-state index is 12.6. The first kappa shape index (κ1) is 19.7. The Balaban J connectivity index is 1.35. The monoisotopic (exact) mass is 411 g/mol. The molecule has 1 aliphatic rings. The van der Waals surface area contributed by atoms with Crippen LogP contribution in [0, 0.1) is 0 Å². The standard InChI is InChI=1S/C22H25N3O3S/c1-2-28-18-6-3-16(4-7-18)9-10-23-21(26)17-5-8-19-20(15-17)29-22(24-19)25-11-13-27-14-12-25/h3-8,15H,2,9-14H2,1H3,(H,23,26).